The van der Waals surface area contributed by atoms with E-state index in [1.807, 2.05) is 0 Å². The summed E-state index contributed by atoms with van der Waals surface area (Å²) in [6.07, 6.45) is 9.78. The zero-order valence-corrected chi connectivity index (χ0v) is 11.5. The van der Waals surface area contributed by atoms with Crippen LogP contribution in [-0.4, -0.2) is 36.0 Å². The van der Waals surface area contributed by atoms with Crippen molar-refractivity contribution < 1.29 is 10.2 Å². The van der Waals surface area contributed by atoms with E-state index in [0.717, 1.165) is 25.4 Å². The Balaban J connectivity index is 1.56. The molecule has 2 aliphatic carbocycles. The van der Waals surface area contributed by atoms with E-state index in [-0.39, 0.29) is 6.10 Å². The van der Waals surface area contributed by atoms with Crippen molar-refractivity contribution in [1.82, 2.24) is 5.32 Å². The lowest BCUT2D eigenvalue weighted by Gasteiger charge is -2.20. The van der Waals surface area contributed by atoms with Gasteiger partial charge in [0.1, 0.15) is 0 Å². The summed E-state index contributed by atoms with van der Waals surface area (Å²) >= 11 is 0. The van der Waals surface area contributed by atoms with Gasteiger partial charge in [0.2, 0.25) is 0 Å². The van der Waals surface area contributed by atoms with E-state index in [9.17, 15) is 10.2 Å². The first-order valence-corrected chi connectivity index (χ1v) is 7.79. The number of hydrogen-bond acceptors (Lipinski definition) is 3. The quantitative estimate of drug-likeness (QED) is 0.651. The van der Waals surface area contributed by atoms with Crippen LogP contribution < -0.4 is 5.32 Å². The fraction of sp³-hybridized carbons (Fsp3) is 1.00. The van der Waals surface area contributed by atoms with Crippen molar-refractivity contribution in [3.63, 3.8) is 0 Å². The van der Waals surface area contributed by atoms with Gasteiger partial charge in [0.25, 0.3) is 0 Å². The zero-order valence-electron chi connectivity index (χ0n) is 11.5. The highest BCUT2D eigenvalue weighted by Gasteiger charge is 2.26. The minimum absolute atomic E-state index is 0.179. The van der Waals surface area contributed by atoms with Gasteiger partial charge in [0.05, 0.1) is 6.10 Å². The highest BCUT2D eigenvalue weighted by molar-refractivity contribution is 4.79. The van der Waals surface area contributed by atoms with Gasteiger partial charge >= 0.3 is 0 Å². The van der Waals surface area contributed by atoms with Crippen molar-refractivity contribution in [2.75, 3.05) is 19.7 Å². The standard InChI is InChI=1S/C15H29NO2/c17-11-14-7-3-6-13(14)9-16-10-15(18)8-12-4-1-2-5-12/h12-18H,1-11H2. The Labute approximate surface area is 111 Å². The molecule has 0 bridgehead atoms. The minimum Gasteiger partial charge on any atom is -0.396 e. The normalized spacial score (nSPS) is 31.0. The predicted octanol–water partition coefficient (Wildman–Crippen LogP) is 1.93. The molecule has 0 aromatic carbocycles. The van der Waals surface area contributed by atoms with Crippen molar-refractivity contribution in [1.29, 1.82) is 0 Å². The Bertz CT molecular complexity index is 229. The van der Waals surface area contributed by atoms with E-state index < -0.39 is 0 Å². The maximum Gasteiger partial charge on any atom is 0.0667 e. The summed E-state index contributed by atoms with van der Waals surface area (Å²) in [7, 11) is 0. The first-order chi connectivity index (χ1) is 8.79. The maximum atomic E-state index is 9.99. The van der Waals surface area contributed by atoms with Crippen LogP contribution in [0.15, 0.2) is 0 Å². The van der Waals surface area contributed by atoms with E-state index in [0.29, 0.717) is 18.4 Å². The largest absolute Gasteiger partial charge is 0.396 e. The topological polar surface area (TPSA) is 52.5 Å². The monoisotopic (exact) mass is 255 g/mol. The fourth-order valence-corrected chi connectivity index (χ4v) is 3.77. The summed E-state index contributed by atoms with van der Waals surface area (Å²) in [5.41, 5.74) is 0. The molecule has 2 fully saturated rings. The third-order valence-electron chi connectivity index (χ3n) is 4.92. The SMILES string of the molecule is OCC1CCCC1CNCC(O)CC1CCCC1. The lowest BCUT2D eigenvalue weighted by atomic mass is 9.96. The van der Waals surface area contributed by atoms with E-state index >= 15 is 0 Å². The van der Waals surface area contributed by atoms with Crippen LogP contribution in [0.4, 0.5) is 0 Å². The molecule has 0 aromatic heterocycles. The molecule has 0 aliphatic heterocycles. The molecule has 0 aromatic rings. The summed E-state index contributed by atoms with van der Waals surface area (Å²) in [4.78, 5) is 0. The summed E-state index contributed by atoms with van der Waals surface area (Å²) in [6.45, 7) is 2.02. The Kier molecular flexibility index (Phi) is 5.93. The second kappa shape index (κ2) is 7.46. The van der Waals surface area contributed by atoms with Crippen molar-refractivity contribution in [3.05, 3.63) is 0 Å². The van der Waals surface area contributed by atoms with Gasteiger partial charge in [-0.05, 0) is 43.6 Å². The van der Waals surface area contributed by atoms with Crippen LogP contribution in [0.1, 0.15) is 51.4 Å². The molecule has 2 rings (SSSR count). The summed E-state index contributed by atoms with van der Waals surface area (Å²) in [6, 6.07) is 0. The van der Waals surface area contributed by atoms with Crippen LogP contribution in [-0.2, 0) is 0 Å². The molecule has 0 saturated heterocycles. The fourth-order valence-electron chi connectivity index (χ4n) is 3.77. The maximum absolute atomic E-state index is 9.99. The van der Waals surface area contributed by atoms with Gasteiger partial charge in [-0.15, -0.1) is 0 Å². The number of rotatable bonds is 7. The van der Waals surface area contributed by atoms with E-state index in [1.165, 1.54) is 44.9 Å². The predicted molar refractivity (Wildman–Crippen MR) is 73.4 cm³/mol. The number of hydrogen-bond donors (Lipinski definition) is 3. The average Bonchev–Trinajstić information content (AvgIpc) is 3.00. The third kappa shape index (κ3) is 4.22. The van der Waals surface area contributed by atoms with Crippen molar-refractivity contribution in [2.24, 2.45) is 17.8 Å². The Morgan fingerprint density at radius 1 is 1.00 bits per heavy atom. The second-order valence-electron chi connectivity index (χ2n) is 6.33. The molecule has 0 heterocycles. The lowest BCUT2D eigenvalue weighted by Crippen LogP contribution is -2.33. The molecule has 0 radical (unpaired) electrons. The molecule has 3 atom stereocenters. The Morgan fingerprint density at radius 2 is 1.72 bits per heavy atom. The highest BCUT2D eigenvalue weighted by Crippen LogP contribution is 2.31. The minimum atomic E-state index is -0.179. The molecule has 2 aliphatic rings. The highest BCUT2D eigenvalue weighted by atomic mass is 16.3. The summed E-state index contributed by atoms with van der Waals surface area (Å²) in [5, 5.41) is 22.7. The number of aliphatic hydroxyl groups is 2. The average molecular weight is 255 g/mol. The molecular weight excluding hydrogens is 226 g/mol. The summed E-state index contributed by atoms with van der Waals surface area (Å²) < 4.78 is 0. The molecule has 3 heteroatoms. The zero-order chi connectivity index (χ0) is 12.8. The smallest absolute Gasteiger partial charge is 0.0667 e. The molecule has 3 N–H and O–H groups in total. The van der Waals surface area contributed by atoms with Gasteiger partial charge in [-0.25, -0.2) is 0 Å². The lowest BCUT2D eigenvalue weighted by molar-refractivity contribution is 0.135. The molecule has 106 valence electrons. The Hall–Kier alpha value is -0.120. The van der Waals surface area contributed by atoms with Crippen LogP contribution in [0.2, 0.25) is 0 Å². The van der Waals surface area contributed by atoms with Gasteiger partial charge in [-0.3, -0.25) is 0 Å². The van der Waals surface area contributed by atoms with E-state index in [2.05, 4.69) is 5.32 Å². The second-order valence-corrected chi connectivity index (χ2v) is 6.33. The molecule has 3 nitrogen and oxygen atoms in total. The molecule has 0 amide bonds. The van der Waals surface area contributed by atoms with Gasteiger partial charge in [-0.2, -0.15) is 0 Å². The van der Waals surface area contributed by atoms with E-state index in [1.54, 1.807) is 0 Å². The number of nitrogens with one attached hydrogen (secondary N) is 1. The van der Waals surface area contributed by atoms with Gasteiger partial charge in [0, 0.05) is 13.2 Å². The van der Waals surface area contributed by atoms with E-state index in [4.69, 9.17) is 0 Å². The van der Waals surface area contributed by atoms with Crippen LogP contribution in [0.3, 0.4) is 0 Å². The molecule has 2 saturated carbocycles. The molecular formula is C15H29NO2. The first kappa shape index (κ1) is 14.3. The van der Waals surface area contributed by atoms with Crippen LogP contribution in [0.5, 0.6) is 0 Å². The van der Waals surface area contributed by atoms with Gasteiger partial charge in [0.15, 0.2) is 0 Å². The van der Waals surface area contributed by atoms with Crippen molar-refractivity contribution in [3.8, 4) is 0 Å². The summed E-state index contributed by atoms with van der Waals surface area (Å²) in [5.74, 6) is 1.87. The molecule has 3 unspecified atom stereocenters. The first-order valence-electron chi connectivity index (χ1n) is 7.79. The van der Waals surface area contributed by atoms with Crippen LogP contribution in [0.25, 0.3) is 0 Å². The van der Waals surface area contributed by atoms with Gasteiger partial charge in [-0.1, -0.05) is 32.1 Å². The molecule has 18 heavy (non-hydrogen) atoms. The molecule has 0 spiro atoms. The number of aliphatic hydroxyl groups excluding tert-OH is 2. The Morgan fingerprint density at radius 3 is 2.44 bits per heavy atom. The van der Waals surface area contributed by atoms with Crippen LogP contribution >= 0.6 is 0 Å². The van der Waals surface area contributed by atoms with Crippen LogP contribution in [0, 0.1) is 17.8 Å². The van der Waals surface area contributed by atoms with Gasteiger partial charge < -0.3 is 15.5 Å². The van der Waals surface area contributed by atoms with Crippen molar-refractivity contribution in [2.45, 2.75) is 57.5 Å². The third-order valence-corrected chi connectivity index (χ3v) is 4.92. The van der Waals surface area contributed by atoms with Crippen molar-refractivity contribution >= 4 is 0 Å².